The van der Waals surface area contributed by atoms with Gasteiger partial charge in [0.25, 0.3) is 5.69 Å². The molecule has 0 radical (unpaired) electrons. The molecule has 2 saturated heterocycles. The van der Waals surface area contributed by atoms with Gasteiger partial charge in [-0.25, -0.2) is 4.90 Å². The molecule has 3 amide bonds. The van der Waals surface area contributed by atoms with Crippen LogP contribution in [-0.2, 0) is 14.4 Å². The molecule has 1 N–H and O–H groups in total. The van der Waals surface area contributed by atoms with Crippen molar-refractivity contribution in [2.45, 2.75) is 25.9 Å². The number of carbonyl (C=O) groups is 3. The number of rotatable bonds is 4. The summed E-state index contributed by atoms with van der Waals surface area (Å²) in [6.07, 6.45) is 3.61. The van der Waals surface area contributed by atoms with Crippen LogP contribution in [0.1, 0.15) is 28.3 Å². The van der Waals surface area contributed by atoms with E-state index in [1.54, 1.807) is 23.2 Å². The van der Waals surface area contributed by atoms with Gasteiger partial charge >= 0.3 is 0 Å². The zero-order valence-electron chi connectivity index (χ0n) is 21.0. The Bertz CT molecular complexity index is 1600. The van der Waals surface area contributed by atoms with E-state index in [9.17, 15) is 24.5 Å². The van der Waals surface area contributed by atoms with Crippen molar-refractivity contribution in [1.29, 1.82) is 0 Å². The number of amides is 3. The Morgan fingerprint density at radius 1 is 0.974 bits per heavy atom. The second kappa shape index (κ2) is 9.06. The van der Waals surface area contributed by atoms with Crippen LogP contribution in [0.4, 0.5) is 17.1 Å². The number of nitrogens with one attached hydrogen (secondary N) is 1. The molecule has 3 aromatic rings. The molecule has 196 valence electrons. The third-order valence-corrected chi connectivity index (χ3v) is 7.92. The lowest BCUT2D eigenvalue weighted by Crippen LogP contribution is -2.46. The van der Waals surface area contributed by atoms with Gasteiger partial charge in [0.15, 0.2) is 0 Å². The SMILES string of the molecule is Cc1cc(C)cc(N2C(=O)[C@@H]3[C@H](C2=O)[C@H]2c4ccccc4C=CN2[C@@H]3C(=O)Nc2ccc(Cl)c([N+](=O)[O-])c2)c1. The minimum atomic E-state index is -1.02. The zero-order valence-corrected chi connectivity index (χ0v) is 21.8. The lowest BCUT2D eigenvalue weighted by Gasteiger charge is -2.35. The van der Waals surface area contributed by atoms with Crippen molar-refractivity contribution in [2.75, 3.05) is 10.2 Å². The fourth-order valence-electron chi connectivity index (χ4n) is 6.14. The van der Waals surface area contributed by atoms with Gasteiger partial charge in [0, 0.05) is 18.0 Å². The Kier molecular flexibility index (Phi) is 5.76. The Balaban J connectivity index is 1.43. The van der Waals surface area contributed by atoms with E-state index in [-0.39, 0.29) is 22.3 Å². The number of nitrogens with zero attached hydrogens (tertiary/aromatic N) is 3. The maximum absolute atomic E-state index is 14.0. The van der Waals surface area contributed by atoms with E-state index in [4.69, 9.17) is 11.6 Å². The van der Waals surface area contributed by atoms with Crippen LogP contribution in [0.2, 0.25) is 5.02 Å². The van der Waals surface area contributed by atoms with Gasteiger partial charge in [-0.05, 0) is 66.4 Å². The molecular weight excluding hydrogens is 520 g/mol. The number of nitro groups is 1. The summed E-state index contributed by atoms with van der Waals surface area (Å²) in [6, 6.07) is 15.6. The molecule has 0 bridgehead atoms. The van der Waals surface area contributed by atoms with Crippen LogP contribution in [0.5, 0.6) is 0 Å². The standard InChI is InChI=1S/C29H23ClN4O5/c1-15-11-16(2)13-19(12-15)33-28(36)23-24(29(33)37)26(32-10-9-17-5-3-4-6-20(17)25(23)32)27(35)31-18-7-8-21(30)22(14-18)34(38)39/h3-14,23-26H,1-2H3,(H,31,35)/t23-,24+,25+,26-/m0/s1. The van der Waals surface area contributed by atoms with Crippen LogP contribution in [0.25, 0.3) is 6.08 Å². The Labute approximate surface area is 228 Å². The fourth-order valence-corrected chi connectivity index (χ4v) is 6.32. The first kappa shape index (κ1) is 24.8. The number of nitro benzene ring substituents is 1. The molecule has 9 nitrogen and oxygen atoms in total. The summed E-state index contributed by atoms with van der Waals surface area (Å²) >= 11 is 5.94. The lowest BCUT2D eigenvalue weighted by molar-refractivity contribution is -0.384. The number of halogens is 1. The van der Waals surface area contributed by atoms with E-state index in [0.717, 1.165) is 22.3 Å². The smallest absolute Gasteiger partial charge is 0.289 e. The van der Waals surface area contributed by atoms with Gasteiger partial charge < -0.3 is 10.2 Å². The first-order valence-corrected chi connectivity index (χ1v) is 12.8. The van der Waals surface area contributed by atoms with Gasteiger partial charge in [-0.1, -0.05) is 41.9 Å². The van der Waals surface area contributed by atoms with Gasteiger partial charge in [-0.2, -0.15) is 0 Å². The van der Waals surface area contributed by atoms with Crippen LogP contribution in [0.15, 0.2) is 66.9 Å². The number of hydrogen-bond donors (Lipinski definition) is 1. The van der Waals surface area contributed by atoms with Gasteiger partial charge in [0.1, 0.15) is 11.1 Å². The van der Waals surface area contributed by atoms with Crippen molar-refractivity contribution in [3.63, 3.8) is 0 Å². The second-order valence-electron chi connectivity index (χ2n) is 10.1. The van der Waals surface area contributed by atoms with Crippen LogP contribution in [-0.4, -0.2) is 33.6 Å². The van der Waals surface area contributed by atoms with Crippen LogP contribution >= 0.6 is 11.6 Å². The molecule has 10 heteroatoms. The van der Waals surface area contributed by atoms with Crippen molar-refractivity contribution in [2.24, 2.45) is 11.8 Å². The molecule has 0 spiro atoms. The van der Waals surface area contributed by atoms with Gasteiger partial charge in [-0.3, -0.25) is 24.5 Å². The van der Waals surface area contributed by atoms with E-state index in [1.807, 2.05) is 50.3 Å². The van der Waals surface area contributed by atoms with Gasteiger partial charge in [0.05, 0.1) is 28.5 Å². The average Bonchev–Trinajstić information content (AvgIpc) is 3.37. The van der Waals surface area contributed by atoms with E-state index in [2.05, 4.69) is 5.32 Å². The summed E-state index contributed by atoms with van der Waals surface area (Å²) in [4.78, 5) is 55.5. The van der Waals surface area contributed by atoms with Crippen LogP contribution in [0, 0.1) is 35.8 Å². The number of anilines is 2. The Morgan fingerprint density at radius 3 is 2.38 bits per heavy atom. The predicted molar refractivity (Wildman–Crippen MR) is 146 cm³/mol. The first-order chi connectivity index (χ1) is 18.7. The number of aryl methyl sites for hydroxylation is 2. The highest BCUT2D eigenvalue weighted by atomic mass is 35.5. The van der Waals surface area contributed by atoms with Crippen molar-refractivity contribution < 1.29 is 19.3 Å². The van der Waals surface area contributed by atoms with E-state index < -0.39 is 40.7 Å². The highest BCUT2D eigenvalue weighted by molar-refractivity contribution is 6.32. The van der Waals surface area contributed by atoms with E-state index in [1.165, 1.54) is 23.1 Å². The summed E-state index contributed by atoms with van der Waals surface area (Å²) in [5, 5.41) is 14.0. The molecule has 6 rings (SSSR count). The van der Waals surface area contributed by atoms with Gasteiger partial charge in [-0.15, -0.1) is 0 Å². The molecule has 39 heavy (non-hydrogen) atoms. The van der Waals surface area contributed by atoms with Crippen molar-refractivity contribution >= 4 is 52.5 Å². The summed E-state index contributed by atoms with van der Waals surface area (Å²) < 4.78 is 0. The molecule has 3 aliphatic heterocycles. The minimum absolute atomic E-state index is 0.0600. The molecule has 0 aliphatic carbocycles. The molecule has 0 aromatic heterocycles. The molecule has 3 aliphatic rings. The molecule has 0 saturated carbocycles. The fraction of sp³-hybridized carbons (Fsp3) is 0.207. The maximum Gasteiger partial charge on any atom is 0.289 e. The minimum Gasteiger partial charge on any atom is -0.357 e. The topological polar surface area (TPSA) is 113 Å². The average molecular weight is 543 g/mol. The quantitative estimate of drug-likeness (QED) is 0.281. The molecular formula is C29H23ClN4O5. The third-order valence-electron chi connectivity index (χ3n) is 7.61. The Hall–Kier alpha value is -4.50. The monoisotopic (exact) mass is 542 g/mol. The zero-order chi connectivity index (χ0) is 27.6. The summed E-state index contributed by atoms with van der Waals surface area (Å²) in [5.41, 5.74) is 3.89. The summed E-state index contributed by atoms with van der Waals surface area (Å²) in [6.45, 7) is 3.79. The largest absolute Gasteiger partial charge is 0.357 e. The summed E-state index contributed by atoms with van der Waals surface area (Å²) in [7, 11) is 0. The molecule has 3 heterocycles. The van der Waals surface area contributed by atoms with Gasteiger partial charge in [0.2, 0.25) is 17.7 Å². The lowest BCUT2D eigenvalue weighted by atomic mass is 9.84. The maximum atomic E-state index is 14.0. The number of benzene rings is 3. The van der Waals surface area contributed by atoms with Crippen molar-refractivity contribution in [1.82, 2.24) is 4.90 Å². The molecule has 3 aromatic carbocycles. The highest BCUT2D eigenvalue weighted by Gasteiger charge is 2.64. The second-order valence-corrected chi connectivity index (χ2v) is 10.5. The van der Waals surface area contributed by atoms with Crippen molar-refractivity contribution in [3.8, 4) is 0 Å². The summed E-state index contributed by atoms with van der Waals surface area (Å²) in [5.74, 6) is -3.09. The highest BCUT2D eigenvalue weighted by Crippen LogP contribution is 2.53. The number of hydrogen-bond acceptors (Lipinski definition) is 6. The first-order valence-electron chi connectivity index (χ1n) is 12.4. The van der Waals surface area contributed by atoms with E-state index >= 15 is 0 Å². The number of carbonyl (C=O) groups excluding carboxylic acids is 3. The van der Waals surface area contributed by atoms with Crippen molar-refractivity contribution in [3.05, 3.63) is 104 Å². The van der Waals surface area contributed by atoms with E-state index in [0.29, 0.717) is 5.69 Å². The Morgan fingerprint density at radius 2 is 1.67 bits per heavy atom. The number of imide groups is 1. The molecule has 0 unspecified atom stereocenters. The van der Waals surface area contributed by atoms with Crippen LogP contribution in [0.3, 0.4) is 0 Å². The normalized spacial score (nSPS) is 22.9. The van der Waals surface area contributed by atoms with Crippen LogP contribution < -0.4 is 10.2 Å². The molecule has 4 atom stereocenters. The third kappa shape index (κ3) is 3.88. The molecule has 2 fully saturated rings. The predicted octanol–water partition coefficient (Wildman–Crippen LogP) is 5.02. The number of fused-ring (bicyclic) bond motifs is 5.